The van der Waals surface area contributed by atoms with Crippen LogP contribution in [-0.4, -0.2) is 29.3 Å². The quantitative estimate of drug-likeness (QED) is 0.913. The number of amides is 2. The molecule has 0 aromatic heterocycles. The number of aryl methyl sites for hydroxylation is 1. The number of likely N-dealkylation sites (tertiary alicyclic amines) is 1. The van der Waals surface area contributed by atoms with Crippen LogP contribution in [0.1, 0.15) is 31.7 Å². The van der Waals surface area contributed by atoms with Crippen molar-refractivity contribution >= 4 is 35.0 Å². The Morgan fingerprint density at radius 3 is 2.68 bits per heavy atom. The summed E-state index contributed by atoms with van der Waals surface area (Å²) in [6.45, 7) is 2.42. The Labute approximate surface area is 140 Å². The van der Waals surface area contributed by atoms with E-state index in [1.54, 1.807) is 17.0 Å². The van der Waals surface area contributed by atoms with E-state index in [2.05, 4.69) is 0 Å². The number of halogens is 2. The van der Waals surface area contributed by atoms with Crippen molar-refractivity contribution in [1.29, 1.82) is 0 Å². The van der Waals surface area contributed by atoms with Crippen LogP contribution in [0.5, 0.6) is 0 Å². The summed E-state index contributed by atoms with van der Waals surface area (Å²) >= 11 is 12.0. The molecule has 1 aliphatic rings. The van der Waals surface area contributed by atoms with E-state index in [0.29, 0.717) is 29.4 Å². The van der Waals surface area contributed by atoms with Gasteiger partial charge < -0.3 is 10.6 Å². The van der Waals surface area contributed by atoms with Crippen LogP contribution in [0.15, 0.2) is 18.2 Å². The lowest BCUT2D eigenvalue weighted by Crippen LogP contribution is -2.48. The van der Waals surface area contributed by atoms with Crippen molar-refractivity contribution < 1.29 is 9.59 Å². The zero-order valence-electron chi connectivity index (χ0n) is 12.5. The molecule has 0 unspecified atom stereocenters. The van der Waals surface area contributed by atoms with Gasteiger partial charge in [-0.15, -0.1) is 0 Å². The van der Waals surface area contributed by atoms with Crippen molar-refractivity contribution in [2.45, 2.75) is 38.6 Å². The van der Waals surface area contributed by atoms with Gasteiger partial charge in [0.25, 0.3) is 0 Å². The molecule has 1 heterocycles. The summed E-state index contributed by atoms with van der Waals surface area (Å²) in [5.74, 6) is -0.533. The lowest BCUT2D eigenvalue weighted by molar-refractivity contribution is -0.137. The lowest BCUT2D eigenvalue weighted by atomic mass is 9.92. The first kappa shape index (κ1) is 17.1. The first-order valence-corrected chi connectivity index (χ1v) is 8.16. The second-order valence-electron chi connectivity index (χ2n) is 5.81. The zero-order chi connectivity index (χ0) is 16.3. The van der Waals surface area contributed by atoms with E-state index < -0.39 is 0 Å². The van der Waals surface area contributed by atoms with E-state index in [0.717, 1.165) is 18.4 Å². The van der Waals surface area contributed by atoms with Crippen LogP contribution in [0.25, 0.3) is 0 Å². The number of nitrogens with zero attached hydrogens (tertiary/aromatic N) is 1. The minimum absolute atomic E-state index is 0.0319. The van der Waals surface area contributed by atoms with Crippen molar-refractivity contribution in [2.75, 3.05) is 6.54 Å². The van der Waals surface area contributed by atoms with E-state index in [1.807, 2.05) is 13.0 Å². The Hall–Kier alpha value is -1.26. The lowest BCUT2D eigenvalue weighted by Gasteiger charge is -2.37. The fourth-order valence-electron chi connectivity index (χ4n) is 2.80. The summed E-state index contributed by atoms with van der Waals surface area (Å²) in [4.78, 5) is 25.5. The van der Waals surface area contributed by atoms with Gasteiger partial charge in [-0.25, -0.2) is 0 Å². The minimum atomic E-state index is -0.328. The fraction of sp³-hybridized carbons (Fsp3) is 0.500. The van der Waals surface area contributed by atoms with Gasteiger partial charge >= 0.3 is 0 Å². The van der Waals surface area contributed by atoms with E-state index in [4.69, 9.17) is 28.9 Å². The Bertz CT molecular complexity index is 577. The smallest absolute Gasteiger partial charge is 0.223 e. The summed E-state index contributed by atoms with van der Waals surface area (Å²) in [7, 11) is 0. The van der Waals surface area contributed by atoms with Gasteiger partial charge in [0.2, 0.25) is 11.8 Å². The third kappa shape index (κ3) is 4.14. The maximum atomic E-state index is 12.4. The summed E-state index contributed by atoms with van der Waals surface area (Å²) < 4.78 is 0. The zero-order valence-corrected chi connectivity index (χ0v) is 14.0. The van der Waals surface area contributed by atoms with Gasteiger partial charge in [-0.2, -0.15) is 0 Å². The molecule has 1 saturated heterocycles. The number of hydrogen-bond acceptors (Lipinski definition) is 2. The van der Waals surface area contributed by atoms with Crippen LogP contribution in [0, 0.1) is 5.92 Å². The number of carbonyl (C=O) groups excluding carboxylic acids is 2. The van der Waals surface area contributed by atoms with Crippen molar-refractivity contribution in [3.63, 3.8) is 0 Å². The largest absolute Gasteiger partial charge is 0.369 e. The molecule has 2 atom stereocenters. The Morgan fingerprint density at radius 1 is 1.32 bits per heavy atom. The van der Waals surface area contributed by atoms with E-state index in [-0.39, 0.29) is 23.8 Å². The molecule has 2 amide bonds. The number of nitrogens with two attached hydrogens (primary N) is 1. The third-order valence-electron chi connectivity index (χ3n) is 4.23. The van der Waals surface area contributed by atoms with E-state index >= 15 is 0 Å². The van der Waals surface area contributed by atoms with Gasteiger partial charge in [0.15, 0.2) is 0 Å². The van der Waals surface area contributed by atoms with Crippen LogP contribution in [0.3, 0.4) is 0 Å². The van der Waals surface area contributed by atoms with Gasteiger partial charge in [0.1, 0.15) is 0 Å². The molecule has 1 aromatic rings. The summed E-state index contributed by atoms with van der Waals surface area (Å²) in [6, 6.07) is 5.42. The molecule has 22 heavy (non-hydrogen) atoms. The Balaban J connectivity index is 1.97. The van der Waals surface area contributed by atoms with Crippen LogP contribution in [0.4, 0.5) is 0 Å². The minimum Gasteiger partial charge on any atom is -0.369 e. The van der Waals surface area contributed by atoms with E-state index in [9.17, 15) is 9.59 Å². The molecule has 0 saturated carbocycles. The maximum absolute atomic E-state index is 12.4. The second-order valence-corrected chi connectivity index (χ2v) is 6.65. The van der Waals surface area contributed by atoms with Crippen LogP contribution >= 0.6 is 23.2 Å². The van der Waals surface area contributed by atoms with Crippen LogP contribution < -0.4 is 5.73 Å². The van der Waals surface area contributed by atoms with Crippen molar-refractivity contribution in [1.82, 2.24) is 4.90 Å². The highest BCUT2D eigenvalue weighted by molar-refractivity contribution is 6.35. The number of rotatable bonds is 4. The van der Waals surface area contributed by atoms with Crippen molar-refractivity contribution in [2.24, 2.45) is 11.7 Å². The highest BCUT2D eigenvalue weighted by Crippen LogP contribution is 2.25. The van der Waals surface area contributed by atoms with Crippen molar-refractivity contribution in [3.8, 4) is 0 Å². The molecule has 1 aromatic carbocycles. The second kappa shape index (κ2) is 7.34. The van der Waals surface area contributed by atoms with Crippen LogP contribution in [-0.2, 0) is 16.0 Å². The van der Waals surface area contributed by atoms with Gasteiger partial charge in [-0.1, -0.05) is 29.3 Å². The SMILES string of the molecule is C[C@@H]1CC[C@H](C(N)=O)CN1C(=O)CCc1ccc(Cl)cc1Cl. The predicted molar refractivity (Wildman–Crippen MR) is 87.9 cm³/mol. The third-order valence-corrected chi connectivity index (χ3v) is 4.82. The number of piperidine rings is 1. The average molecular weight is 343 g/mol. The highest BCUT2D eigenvalue weighted by atomic mass is 35.5. The number of hydrogen-bond donors (Lipinski definition) is 1. The maximum Gasteiger partial charge on any atom is 0.223 e. The monoisotopic (exact) mass is 342 g/mol. The fourth-order valence-corrected chi connectivity index (χ4v) is 3.30. The molecule has 1 aliphatic heterocycles. The first-order valence-electron chi connectivity index (χ1n) is 7.41. The van der Waals surface area contributed by atoms with Crippen LogP contribution in [0.2, 0.25) is 10.0 Å². The van der Waals surface area contributed by atoms with Gasteiger partial charge in [-0.05, 0) is 43.9 Å². The van der Waals surface area contributed by atoms with Gasteiger partial charge in [0, 0.05) is 29.1 Å². The van der Waals surface area contributed by atoms with Gasteiger partial charge in [-0.3, -0.25) is 9.59 Å². The Morgan fingerprint density at radius 2 is 2.05 bits per heavy atom. The molecule has 2 rings (SSSR count). The summed E-state index contributed by atoms with van der Waals surface area (Å²) in [5, 5.41) is 1.15. The highest BCUT2D eigenvalue weighted by Gasteiger charge is 2.31. The molecule has 0 radical (unpaired) electrons. The average Bonchev–Trinajstić information content (AvgIpc) is 2.46. The van der Waals surface area contributed by atoms with Crippen molar-refractivity contribution in [3.05, 3.63) is 33.8 Å². The molecule has 4 nitrogen and oxygen atoms in total. The molecule has 2 N–H and O–H groups in total. The summed E-state index contributed by atoms with van der Waals surface area (Å²) in [5.41, 5.74) is 6.27. The molecule has 1 fully saturated rings. The molecule has 6 heteroatoms. The number of benzene rings is 1. The summed E-state index contributed by atoms with van der Waals surface area (Å²) in [6.07, 6.45) is 2.47. The topological polar surface area (TPSA) is 63.4 Å². The van der Waals surface area contributed by atoms with Gasteiger partial charge in [0.05, 0.1) is 5.92 Å². The predicted octanol–water partition coefficient (Wildman–Crippen LogP) is 3.04. The molecular weight excluding hydrogens is 323 g/mol. The van der Waals surface area contributed by atoms with E-state index in [1.165, 1.54) is 0 Å². The number of primary amides is 1. The Kier molecular flexibility index (Phi) is 5.70. The molecule has 0 spiro atoms. The molecule has 0 bridgehead atoms. The molecule has 120 valence electrons. The molecular formula is C16H20Cl2N2O2. The molecule has 0 aliphatic carbocycles. The number of carbonyl (C=O) groups is 2. The standard InChI is InChI=1S/C16H20Cl2N2O2/c1-10-2-3-12(16(19)22)9-20(10)15(21)7-5-11-4-6-13(17)8-14(11)18/h4,6,8,10,12H,2-3,5,7,9H2,1H3,(H2,19,22)/t10-,12+/m1/s1. The normalized spacial score (nSPS) is 21.7. The first-order chi connectivity index (χ1) is 10.4.